The molecule has 0 aromatic heterocycles. The highest BCUT2D eigenvalue weighted by molar-refractivity contribution is 7.97. The van der Waals surface area contributed by atoms with Crippen molar-refractivity contribution in [1.29, 1.82) is 0 Å². The topological polar surface area (TPSA) is 12.5 Å². The molecule has 13 heavy (non-hydrogen) atoms. The summed E-state index contributed by atoms with van der Waals surface area (Å²) in [5.74, 6) is 0. The second-order valence-corrected chi connectivity index (χ2v) is 4.04. The number of hydrogen-bond acceptors (Lipinski definition) is 3. The van der Waals surface area contributed by atoms with E-state index in [1.54, 1.807) is 11.9 Å². The molecule has 1 aromatic rings. The molecule has 1 heterocycles. The maximum absolute atomic E-state index is 5.28. The molecule has 0 atom stereocenters. The highest BCUT2D eigenvalue weighted by Gasteiger charge is 2.10. The number of rotatable bonds is 2. The van der Waals surface area contributed by atoms with Crippen molar-refractivity contribution < 1.29 is 4.74 Å². The first-order valence-corrected chi connectivity index (χ1v) is 5.19. The molecule has 1 fully saturated rings. The molecule has 0 bridgehead atoms. The Morgan fingerprint density at radius 3 is 2.62 bits per heavy atom. The summed E-state index contributed by atoms with van der Waals surface area (Å²) in [4.78, 5) is 1.28. The lowest BCUT2D eigenvalue weighted by atomic mass is 10.4. The van der Waals surface area contributed by atoms with Gasteiger partial charge in [0.05, 0.1) is 13.2 Å². The normalized spacial score (nSPS) is 18.8. The Morgan fingerprint density at radius 2 is 1.92 bits per heavy atom. The van der Waals surface area contributed by atoms with E-state index >= 15 is 0 Å². The molecule has 69 valence electrons. The molecule has 0 saturated carbocycles. The monoisotopic (exact) mass is 194 g/mol. The van der Waals surface area contributed by atoms with Gasteiger partial charge in [-0.25, -0.2) is 4.31 Å². The van der Waals surface area contributed by atoms with Crippen LogP contribution in [0.4, 0.5) is 0 Å². The molecule has 0 N–H and O–H groups in total. The summed E-state index contributed by atoms with van der Waals surface area (Å²) in [6.45, 7) is 3.74. The maximum Gasteiger partial charge on any atom is 0.0603 e. The molecule has 1 saturated heterocycles. The third-order valence-corrected chi connectivity index (χ3v) is 3.00. The highest BCUT2D eigenvalue weighted by atomic mass is 32.2. The van der Waals surface area contributed by atoms with E-state index < -0.39 is 0 Å². The Morgan fingerprint density at radius 1 is 1.23 bits per heavy atom. The van der Waals surface area contributed by atoms with E-state index in [1.165, 1.54) is 4.90 Å². The van der Waals surface area contributed by atoms with E-state index in [9.17, 15) is 0 Å². The lowest BCUT2D eigenvalue weighted by Gasteiger charge is -2.25. The lowest BCUT2D eigenvalue weighted by Crippen LogP contribution is -2.30. The summed E-state index contributed by atoms with van der Waals surface area (Å²) in [5.41, 5.74) is 0. The molecular weight excluding hydrogens is 182 g/mol. The molecule has 2 rings (SSSR count). The van der Waals surface area contributed by atoms with Gasteiger partial charge in [0.15, 0.2) is 0 Å². The molecule has 1 aromatic carbocycles. The van der Waals surface area contributed by atoms with E-state index in [2.05, 4.69) is 22.5 Å². The highest BCUT2D eigenvalue weighted by Crippen LogP contribution is 2.22. The van der Waals surface area contributed by atoms with Crippen LogP contribution < -0.4 is 0 Å². The Hall–Kier alpha value is -0.510. The van der Waals surface area contributed by atoms with Crippen LogP contribution in [0.3, 0.4) is 0 Å². The van der Waals surface area contributed by atoms with Crippen molar-refractivity contribution in [3.63, 3.8) is 0 Å². The van der Waals surface area contributed by atoms with Crippen LogP contribution in [0.5, 0.6) is 0 Å². The molecular formula is C10H12NOS. The van der Waals surface area contributed by atoms with Crippen LogP contribution in [0.15, 0.2) is 29.2 Å². The summed E-state index contributed by atoms with van der Waals surface area (Å²) >= 11 is 1.80. The molecule has 0 amide bonds. The van der Waals surface area contributed by atoms with Gasteiger partial charge in [0.25, 0.3) is 0 Å². The van der Waals surface area contributed by atoms with Crippen LogP contribution in [-0.2, 0) is 4.74 Å². The molecule has 0 unspecified atom stereocenters. The maximum atomic E-state index is 5.28. The minimum atomic E-state index is 0.853. The first kappa shape index (κ1) is 9.06. The molecule has 1 radical (unpaired) electrons. The Bertz CT molecular complexity index is 246. The van der Waals surface area contributed by atoms with Gasteiger partial charge >= 0.3 is 0 Å². The fourth-order valence-electron chi connectivity index (χ4n) is 1.22. The second-order valence-electron chi connectivity index (χ2n) is 2.87. The number of morpholine rings is 1. The molecule has 0 aliphatic carbocycles. The van der Waals surface area contributed by atoms with Gasteiger partial charge in [-0.1, -0.05) is 12.1 Å². The van der Waals surface area contributed by atoms with Gasteiger partial charge in [-0.2, -0.15) is 0 Å². The number of ether oxygens (including phenoxy) is 1. The van der Waals surface area contributed by atoms with Gasteiger partial charge < -0.3 is 4.74 Å². The van der Waals surface area contributed by atoms with Crippen LogP contribution >= 0.6 is 11.9 Å². The van der Waals surface area contributed by atoms with E-state index in [-0.39, 0.29) is 0 Å². The van der Waals surface area contributed by atoms with Crippen LogP contribution in [0.1, 0.15) is 0 Å². The standard InChI is InChI=1S/C10H12NOS/c1-2-4-10(5-3-1)13-11-6-8-12-9-7-11/h2-5H,6-9H2. The molecule has 2 nitrogen and oxygen atoms in total. The van der Waals surface area contributed by atoms with Gasteiger partial charge in [0, 0.05) is 18.0 Å². The predicted octanol–water partition coefficient (Wildman–Crippen LogP) is 1.83. The van der Waals surface area contributed by atoms with E-state index in [0.29, 0.717) is 0 Å². The summed E-state index contributed by atoms with van der Waals surface area (Å²) in [6.07, 6.45) is 0. The quantitative estimate of drug-likeness (QED) is 0.666. The van der Waals surface area contributed by atoms with Crippen molar-refractivity contribution in [2.75, 3.05) is 26.3 Å². The van der Waals surface area contributed by atoms with E-state index in [4.69, 9.17) is 4.74 Å². The molecule has 3 heteroatoms. The van der Waals surface area contributed by atoms with Gasteiger partial charge in [0.1, 0.15) is 0 Å². The second kappa shape index (κ2) is 4.65. The van der Waals surface area contributed by atoms with Crippen molar-refractivity contribution in [1.82, 2.24) is 4.31 Å². The van der Waals surface area contributed by atoms with Crippen molar-refractivity contribution in [2.24, 2.45) is 0 Å². The third kappa shape index (κ3) is 2.72. The van der Waals surface area contributed by atoms with Crippen molar-refractivity contribution >= 4 is 11.9 Å². The fourth-order valence-corrected chi connectivity index (χ4v) is 2.11. The Kier molecular flexibility index (Phi) is 3.24. The average Bonchev–Trinajstić information content (AvgIpc) is 2.21. The van der Waals surface area contributed by atoms with E-state index in [0.717, 1.165) is 26.3 Å². The van der Waals surface area contributed by atoms with Crippen LogP contribution in [0.2, 0.25) is 0 Å². The Labute approximate surface area is 83.0 Å². The minimum absolute atomic E-state index is 0.853. The van der Waals surface area contributed by atoms with Gasteiger partial charge in [-0.05, 0) is 30.1 Å². The number of nitrogens with zero attached hydrogens (tertiary/aromatic N) is 1. The first-order valence-electron chi connectivity index (χ1n) is 4.42. The largest absolute Gasteiger partial charge is 0.379 e. The Balaban J connectivity index is 1.90. The zero-order valence-electron chi connectivity index (χ0n) is 7.40. The van der Waals surface area contributed by atoms with Gasteiger partial charge in [0.2, 0.25) is 0 Å². The van der Waals surface area contributed by atoms with Crippen molar-refractivity contribution in [2.45, 2.75) is 4.90 Å². The zero-order chi connectivity index (χ0) is 8.93. The smallest absolute Gasteiger partial charge is 0.0603 e. The summed E-state index contributed by atoms with van der Waals surface area (Å²) < 4.78 is 7.61. The van der Waals surface area contributed by atoms with Crippen molar-refractivity contribution in [3.8, 4) is 0 Å². The fraction of sp³-hybridized carbons (Fsp3) is 0.400. The van der Waals surface area contributed by atoms with Crippen LogP contribution in [0.25, 0.3) is 0 Å². The summed E-state index contributed by atoms with van der Waals surface area (Å²) in [7, 11) is 0. The number of hydrogen-bond donors (Lipinski definition) is 0. The van der Waals surface area contributed by atoms with Crippen molar-refractivity contribution in [3.05, 3.63) is 30.3 Å². The molecule has 0 spiro atoms. The van der Waals surface area contributed by atoms with Gasteiger partial charge in [-0.15, -0.1) is 0 Å². The van der Waals surface area contributed by atoms with E-state index in [1.807, 2.05) is 12.1 Å². The lowest BCUT2D eigenvalue weighted by molar-refractivity contribution is 0.0773. The molecule has 1 aliphatic heterocycles. The SMILES string of the molecule is [c]1ccc(SN2CCOCC2)cc1. The third-order valence-electron chi connectivity index (χ3n) is 1.89. The molecule has 1 aliphatic rings. The summed E-state index contributed by atoms with van der Waals surface area (Å²) in [5, 5.41) is 0. The van der Waals surface area contributed by atoms with Gasteiger partial charge in [-0.3, -0.25) is 0 Å². The van der Waals surface area contributed by atoms with Crippen LogP contribution in [0, 0.1) is 6.07 Å². The average molecular weight is 194 g/mol. The zero-order valence-corrected chi connectivity index (χ0v) is 8.22. The predicted molar refractivity (Wildman–Crippen MR) is 53.5 cm³/mol. The summed E-state index contributed by atoms with van der Waals surface area (Å²) in [6, 6.07) is 11.1. The van der Waals surface area contributed by atoms with Crippen LogP contribution in [-0.4, -0.2) is 30.6 Å². The first-order chi connectivity index (χ1) is 6.45. The minimum Gasteiger partial charge on any atom is -0.379 e. The number of benzene rings is 1.